The molecule has 5 heteroatoms. The van der Waals surface area contributed by atoms with E-state index in [1.54, 1.807) is 12.4 Å². The molecule has 1 saturated heterocycles. The van der Waals surface area contributed by atoms with Crippen molar-refractivity contribution in [3.63, 3.8) is 0 Å². The zero-order valence-corrected chi connectivity index (χ0v) is 13.0. The van der Waals surface area contributed by atoms with Gasteiger partial charge >= 0.3 is 0 Å². The number of hydrogen-bond donors (Lipinski definition) is 1. The fourth-order valence-corrected chi connectivity index (χ4v) is 2.77. The second-order valence-corrected chi connectivity index (χ2v) is 5.80. The van der Waals surface area contributed by atoms with Crippen molar-refractivity contribution in [3.8, 4) is 0 Å². The van der Waals surface area contributed by atoms with Gasteiger partial charge in [0.05, 0.1) is 5.56 Å². The zero-order chi connectivity index (χ0) is 15.5. The minimum Gasteiger partial charge on any atom is -0.341 e. The monoisotopic (exact) mass is 296 g/mol. The molecule has 1 amide bonds. The van der Waals surface area contributed by atoms with Crippen LogP contribution in [0.3, 0.4) is 0 Å². The van der Waals surface area contributed by atoms with Crippen LogP contribution >= 0.6 is 0 Å². The van der Waals surface area contributed by atoms with Crippen molar-refractivity contribution in [1.29, 1.82) is 0 Å². The lowest BCUT2D eigenvalue weighted by atomic mass is 10.1. The van der Waals surface area contributed by atoms with Crippen molar-refractivity contribution in [2.75, 3.05) is 23.3 Å². The first-order valence-electron chi connectivity index (χ1n) is 7.58. The molecular weight excluding hydrogens is 276 g/mol. The molecular formula is C17H20N4O. The molecule has 1 aromatic heterocycles. The summed E-state index contributed by atoms with van der Waals surface area (Å²) >= 11 is 0. The third-order valence-corrected chi connectivity index (χ3v) is 3.77. The maximum absolute atomic E-state index is 12.3. The molecule has 1 fully saturated rings. The molecule has 5 nitrogen and oxygen atoms in total. The highest BCUT2D eigenvalue weighted by Gasteiger charge is 2.15. The van der Waals surface area contributed by atoms with E-state index in [1.807, 2.05) is 26.0 Å². The quantitative estimate of drug-likeness (QED) is 0.946. The van der Waals surface area contributed by atoms with Crippen LogP contribution in [0.15, 0.2) is 30.6 Å². The van der Waals surface area contributed by atoms with Crippen LogP contribution in [0.2, 0.25) is 0 Å². The molecule has 2 heterocycles. The van der Waals surface area contributed by atoms with Gasteiger partial charge in [0, 0.05) is 31.2 Å². The molecule has 0 atom stereocenters. The summed E-state index contributed by atoms with van der Waals surface area (Å²) in [6.45, 7) is 6.01. The number of carbonyl (C=O) groups excluding carboxylic acids is 1. The van der Waals surface area contributed by atoms with Crippen LogP contribution in [-0.4, -0.2) is 29.0 Å². The van der Waals surface area contributed by atoms with Crippen molar-refractivity contribution in [1.82, 2.24) is 9.97 Å². The predicted octanol–water partition coefficient (Wildman–Crippen LogP) is 2.95. The minimum atomic E-state index is -0.182. The summed E-state index contributed by atoms with van der Waals surface area (Å²) in [6, 6.07) is 5.97. The van der Waals surface area contributed by atoms with Crippen LogP contribution in [0.1, 0.15) is 34.3 Å². The molecule has 3 rings (SSSR count). The van der Waals surface area contributed by atoms with Crippen LogP contribution in [0.25, 0.3) is 0 Å². The second kappa shape index (κ2) is 6.13. The molecule has 114 valence electrons. The first-order valence-corrected chi connectivity index (χ1v) is 7.58. The van der Waals surface area contributed by atoms with Gasteiger partial charge in [0.1, 0.15) is 0 Å². The molecule has 1 aliphatic heterocycles. The lowest BCUT2D eigenvalue weighted by Gasteiger charge is -2.14. The Kier molecular flexibility index (Phi) is 4.04. The van der Waals surface area contributed by atoms with Gasteiger partial charge in [0.15, 0.2) is 0 Å². The van der Waals surface area contributed by atoms with E-state index in [-0.39, 0.29) is 5.91 Å². The summed E-state index contributed by atoms with van der Waals surface area (Å²) in [4.78, 5) is 23.0. The van der Waals surface area contributed by atoms with Crippen LogP contribution in [-0.2, 0) is 0 Å². The summed E-state index contributed by atoms with van der Waals surface area (Å²) in [5.74, 6) is 0.526. The van der Waals surface area contributed by atoms with E-state index in [2.05, 4.69) is 26.3 Å². The summed E-state index contributed by atoms with van der Waals surface area (Å²) in [6.07, 6.45) is 5.55. The van der Waals surface area contributed by atoms with Gasteiger partial charge in [0.25, 0.3) is 5.91 Å². The summed E-state index contributed by atoms with van der Waals surface area (Å²) < 4.78 is 0. The number of nitrogens with one attached hydrogen (secondary N) is 1. The van der Waals surface area contributed by atoms with Crippen molar-refractivity contribution in [3.05, 3.63) is 47.3 Å². The molecule has 1 aliphatic rings. The molecule has 22 heavy (non-hydrogen) atoms. The molecule has 1 aromatic carbocycles. The number of anilines is 2. The molecule has 0 radical (unpaired) electrons. The average Bonchev–Trinajstić information content (AvgIpc) is 3.00. The van der Waals surface area contributed by atoms with Gasteiger partial charge in [-0.25, -0.2) is 9.97 Å². The van der Waals surface area contributed by atoms with E-state index in [1.165, 1.54) is 12.8 Å². The van der Waals surface area contributed by atoms with E-state index in [9.17, 15) is 4.79 Å². The highest BCUT2D eigenvalue weighted by molar-refractivity contribution is 6.04. The van der Waals surface area contributed by atoms with E-state index in [4.69, 9.17) is 0 Å². The molecule has 0 unspecified atom stereocenters. The highest BCUT2D eigenvalue weighted by Crippen LogP contribution is 2.17. The van der Waals surface area contributed by atoms with Crippen LogP contribution in [0.4, 0.5) is 11.6 Å². The van der Waals surface area contributed by atoms with Gasteiger partial charge in [-0.3, -0.25) is 4.79 Å². The van der Waals surface area contributed by atoms with Crippen LogP contribution < -0.4 is 10.2 Å². The first-order chi connectivity index (χ1) is 10.6. The average molecular weight is 296 g/mol. The lowest BCUT2D eigenvalue weighted by molar-refractivity contribution is 0.102. The van der Waals surface area contributed by atoms with Gasteiger partial charge in [-0.15, -0.1) is 0 Å². The van der Waals surface area contributed by atoms with E-state index in [0.717, 1.165) is 29.9 Å². The van der Waals surface area contributed by atoms with Crippen molar-refractivity contribution < 1.29 is 4.79 Å². The summed E-state index contributed by atoms with van der Waals surface area (Å²) in [5, 5.41) is 2.90. The predicted molar refractivity (Wildman–Crippen MR) is 87.3 cm³/mol. The Balaban J connectivity index is 1.71. The van der Waals surface area contributed by atoms with E-state index >= 15 is 0 Å². The molecule has 2 aromatic rings. The summed E-state index contributed by atoms with van der Waals surface area (Å²) in [7, 11) is 0. The normalized spacial score (nSPS) is 14.2. The summed E-state index contributed by atoms with van der Waals surface area (Å²) in [5.41, 5.74) is 3.51. The molecule has 0 spiro atoms. The first kappa shape index (κ1) is 14.5. The van der Waals surface area contributed by atoms with Gasteiger partial charge in [-0.2, -0.15) is 0 Å². The molecule has 0 aliphatic carbocycles. The number of nitrogens with zero attached hydrogens (tertiary/aromatic N) is 3. The fraction of sp³-hybridized carbons (Fsp3) is 0.353. The van der Waals surface area contributed by atoms with Crippen LogP contribution in [0, 0.1) is 13.8 Å². The van der Waals surface area contributed by atoms with Crippen LogP contribution in [0.5, 0.6) is 0 Å². The number of carbonyl (C=O) groups is 1. The minimum absolute atomic E-state index is 0.182. The lowest BCUT2D eigenvalue weighted by Crippen LogP contribution is -2.21. The fourth-order valence-electron chi connectivity index (χ4n) is 2.77. The second-order valence-electron chi connectivity index (χ2n) is 5.80. The van der Waals surface area contributed by atoms with Crippen molar-refractivity contribution in [2.24, 2.45) is 0 Å². The Hall–Kier alpha value is -2.43. The Morgan fingerprint density at radius 2 is 1.64 bits per heavy atom. The third-order valence-electron chi connectivity index (χ3n) is 3.77. The van der Waals surface area contributed by atoms with Gasteiger partial charge in [-0.05, 0) is 49.9 Å². The SMILES string of the molecule is Cc1cc(C)cc(NC(=O)c2cnc(N3CCCC3)nc2)c1. The Morgan fingerprint density at radius 1 is 1.05 bits per heavy atom. The van der Waals surface area contributed by atoms with Crippen molar-refractivity contribution >= 4 is 17.5 Å². The topological polar surface area (TPSA) is 58.1 Å². The van der Waals surface area contributed by atoms with Gasteiger partial charge < -0.3 is 10.2 Å². The Bertz CT molecular complexity index is 655. The maximum atomic E-state index is 12.3. The van der Waals surface area contributed by atoms with E-state index < -0.39 is 0 Å². The Morgan fingerprint density at radius 3 is 2.23 bits per heavy atom. The number of hydrogen-bond acceptors (Lipinski definition) is 4. The number of aryl methyl sites for hydroxylation is 2. The highest BCUT2D eigenvalue weighted by atomic mass is 16.1. The Labute approximate surface area is 130 Å². The molecule has 1 N–H and O–H groups in total. The third kappa shape index (κ3) is 3.24. The number of amides is 1. The number of aromatic nitrogens is 2. The van der Waals surface area contributed by atoms with Crippen molar-refractivity contribution in [2.45, 2.75) is 26.7 Å². The zero-order valence-electron chi connectivity index (χ0n) is 13.0. The smallest absolute Gasteiger partial charge is 0.258 e. The van der Waals surface area contributed by atoms with Gasteiger partial charge in [-0.1, -0.05) is 6.07 Å². The molecule has 0 bridgehead atoms. The number of benzene rings is 1. The maximum Gasteiger partial charge on any atom is 0.258 e. The largest absolute Gasteiger partial charge is 0.341 e. The van der Waals surface area contributed by atoms with E-state index in [0.29, 0.717) is 11.5 Å². The standard InChI is InChI=1S/C17H20N4O/c1-12-7-13(2)9-15(8-12)20-16(22)14-10-18-17(19-11-14)21-5-3-4-6-21/h7-11H,3-6H2,1-2H3,(H,20,22). The number of rotatable bonds is 3. The van der Waals surface area contributed by atoms with Gasteiger partial charge in [0.2, 0.25) is 5.95 Å². The molecule has 0 saturated carbocycles.